The molecule has 0 aliphatic rings. The van der Waals surface area contributed by atoms with Gasteiger partial charge in [-0.1, -0.05) is 53.5 Å². The molecule has 0 fully saturated rings. The predicted molar refractivity (Wildman–Crippen MR) is 128 cm³/mol. The zero-order valence-corrected chi connectivity index (χ0v) is 20.7. The van der Waals surface area contributed by atoms with Gasteiger partial charge in [0.25, 0.3) is 0 Å². The zero-order chi connectivity index (χ0) is 24.1. The molecule has 32 heavy (non-hydrogen) atoms. The normalized spacial score (nSPS) is 12.3. The number of nitrogens with zero attached hydrogens (tertiary/aromatic N) is 2. The van der Waals surface area contributed by atoms with Crippen molar-refractivity contribution in [1.29, 1.82) is 0 Å². The predicted octanol–water partition coefficient (Wildman–Crippen LogP) is 3.70. The van der Waals surface area contributed by atoms with Crippen molar-refractivity contribution in [3.8, 4) is 0 Å². The molecule has 1 N–H and O–H groups in total. The van der Waals surface area contributed by atoms with E-state index in [0.29, 0.717) is 10.6 Å². The maximum Gasteiger partial charge on any atom is 0.244 e. The smallest absolute Gasteiger partial charge is 0.244 e. The average molecular weight is 500 g/mol. The Hall–Kier alpha value is -2.29. The van der Waals surface area contributed by atoms with Crippen LogP contribution in [0.5, 0.6) is 0 Å². The van der Waals surface area contributed by atoms with Crippen molar-refractivity contribution in [2.75, 3.05) is 17.1 Å². The molecular weight excluding hydrogens is 473 g/mol. The van der Waals surface area contributed by atoms with Crippen LogP contribution in [0, 0.1) is 0 Å². The number of sulfonamides is 1. The molecule has 0 saturated heterocycles. The maximum absolute atomic E-state index is 13.4. The first-order chi connectivity index (χ1) is 14.9. The van der Waals surface area contributed by atoms with Gasteiger partial charge in [-0.05, 0) is 44.5 Å². The lowest BCUT2D eigenvalue weighted by Gasteiger charge is -2.32. The van der Waals surface area contributed by atoms with Crippen LogP contribution >= 0.6 is 23.2 Å². The fourth-order valence-electron chi connectivity index (χ4n) is 3.05. The lowest BCUT2D eigenvalue weighted by atomic mass is 10.1. The molecule has 0 saturated carbocycles. The van der Waals surface area contributed by atoms with E-state index in [9.17, 15) is 18.0 Å². The topological polar surface area (TPSA) is 86.8 Å². The van der Waals surface area contributed by atoms with E-state index in [2.05, 4.69) is 5.32 Å². The Kier molecular flexibility index (Phi) is 8.95. The van der Waals surface area contributed by atoms with Crippen molar-refractivity contribution in [1.82, 2.24) is 10.2 Å². The molecule has 0 heterocycles. The van der Waals surface area contributed by atoms with Crippen molar-refractivity contribution in [3.63, 3.8) is 0 Å². The molecule has 0 spiro atoms. The SMILES string of the molecule is CC(C)NC(=O)[C@H](C)N(Cc1ccccc1Cl)C(=O)CN(c1ccccc1Cl)S(C)(=O)=O. The molecule has 2 aromatic rings. The van der Waals surface area contributed by atoms with Crippen LogP contribution in [0.2, 0.25) is 10.0 Å². The fourth-order valence-corrected chi connectivity index (χ4v) is 4.39. The third-order valence-corrected chi connectivity index (χ3v) is 6.51. The molecule has 0 aromatic heterocycles. The van der Waals surface area contributed by atoms with E-state index in [4.69, 9.17) is 23.2 Å². The van der Waals surface area contributed by atoms with Crippen molar-refractivity contribution in [2.24, 2.45) is 0 Å². The van der Waals surface area contributed by atoms with E-state index in [1.165, 1.54) is 11.0 Å². The first kappa shape index (κ1) is 26.0. The van der Waals surface area contributed by atoms with Gasteiger partial charge in [0.1, 0.15) is 12.6 Å². The van der Waals surface area contributed by atoms with Crippen LogP contribution in [0.15, 0.2) is 48.5 Å². The summed E-state index contributed by atoms with van der Waals surface area (Å²) in [6.07, 6.45) is 0.997. The van der Waals surface area contributed by atoms with Crippen LogP contribution in [0.1, 0.15) is 26.3 Å². The van der Waals surface area contributed by atoms with Crippen LogP contribution in [-0.4, -0.2) is 50.0 Å². The number of halogens is 2. The number of nitrogens with one attached hydrogen (secondary N) is 1. The number of hydrogen-bond acceptors (Lipinski definition) is 4. The molecule has 0 radical (unpaired) electrons. The van der Waals surface area contributed by atoms with Crippen LogP contribution in [-0.2, 0) is 26.2 Å². The van der Waals surface area contributed by atoms with E-state index in [-0.39, 0.29) is 29.2 Å². The van der Waals surface area contributed by atoms with E-state index < -0.39 is 28.5 Å². The molecule has 7 nitrogen and oxygen atoms in total. The monoisotopic (exact) mass is 499 g/mol. The van der Waals surface area contributed by atoms with Gasteiger partial charge in [0.15, 0.2) is 0 Å². The van der Waals surface area contributed by atoms with Crippen LogP contribution in [0.25, 0.3) is 0 Å². The van der Waals surface area contributed by atoms with Gasteiger partial charge < -0.3 is 10.2 Å². The van der Waals surface area contributed by atoms with Gasteiger partial charge in [0.2, 0.25) is 21.8 Å². The Bertz CT molecular complexity index is 1080. The summed E-state index contributed by atoms with van der Waals surface area (Å²) in [6.45, 7) is 4.73. The molecule has 2 rings (SSSR count). The third kappa shape index (κ3) is 6.85. The molecule has 0 aliphatic carbocycles. The summed E-state index contributed by atoms with van der Waals surface area (Å²) in [5.74, 6) is -0.925. The number of carbonyl (C=O) groups is 2. The molecule has 0 aliphatic heterocycles. The Morgan fingerprint density at radius 2 is 1.53 bits per heavy atom. The standard InChI is InChI=1S/C22H27Cl2N3O4S/c1-15(2)25-22(29)16(3)26(13-17-9-5-6-10-18(17)23)21(28)14-27(32(4,30)31)20-12-8-7-11-19(20)24/h5-12,15-16H,13-14H2,1-4H3,(H,25,29)/t16-/m0/s1. The zero-order valence-electron chi connectivity index (χ0n) is 18.4. The molecule has 2 amide bonds. The summed E-state index contributed by atoms with van der Waals surface area (Å²) in [5, 5.41) is 3.41. The number of para-hydroxylation sites is 1. The lowest BCUT2D eigenvalue weighted by Crippen LogP contribution is -2.52. The first-order valence-electron chi connectivity index (χ1n) is 9.97. The highest BCUT2D eigenvalue weighted by Crippen LogP contribution is 2.27. The lowest BCUT2D eigenvalue weighted by molar-refractivity contribution is -0.139. The largest absolute Gasteiger partial charge is 0.352 e. The summed E-state index contributed by atoms with van der Waals surface area (Å²) >= 11 is 12.5. The number of amides is 2. The summed E-state index contributed by atoms with van der Waals surface area (Å²) in [6, 6.07) is 12.3. The van der Waals surface area contributed by atoms with Gasteiger partial charge in [0.05, 0.1) is 17.0 Å². The third-order valence-electron chi connectivity index (χ3n) is 4.70. The molecule has 1 atom stereocenters. The van der Waals surface area contributed by atoms with E-state index in [1.54, 1.807) is 49.4 Å². The summed E-state index contributed by atoms with van der Waals surface area (Å²) < 4.78 is 25.9. The molecule has 10 heteroatoms. The van der Waals surface area contributed by atoms with Crippen molar-refractivity contribution < 1.29 is 18.0 Å². The number of rotatable bonds is 9. The number of carbonyl (C=O) groups excluding carboxylic acids is 2. The highest BCUT2D eigenvalue weighted by molar-refractivity contribution is 7.92. The quantitative estimate of drug-likeness (QED) is 0.569. The summed E-state index contributed by atoms with van der Waals surface area (Å²) in [4.78, 5) is 27.4. The second-order valence-corrected chi connectivity index (χ2v) is 10.4. The summed E-state index contributed by atoms with van der Waals surface area (Å²) in [5.41, 5.74) is 0.817. The fraction of sp³-hybridized carbons (Fsp3) is 0.364. The Balaban J connectivity index is 2.42. The second-order valence-electron chi connectivity index (χ2n) is 7.67. The van der Waals surface area contributed by atoms with Gasteiger partial charge >= 0.3 is 0 Å². The first-order valence-corrected chi connectivity index (χ1v) is 12.6. The van der Waals surface area contributed by atoms with E-state index in [1.807, 2.05) is 13.8 Å². The minimum atomic E-state index is -3.84. The van der Waals surface area contributed by atoms with Gasteiger partial charge in [-0.3, -0.25) is 13.9 Å². The number of hydrogen-bond donors (Lipinski definition) is 1. The van der Waals surface area contributed by atoms with E-state index >= 15 is 0 Å². The Morgan fingerprint density at radius 1 is 0.969 bits per heavy atom. The molecular formula is C22H27Cl2N3O4S. The van der Waals surface area contributed by atoms with Crippen molar-refractivity contribution in [3.05, 3.63) is 64.1 Å². The summed E-state index contributed by atoms with van der Waals surface area (Å²) in [7, 11) is -3.84. The molecule has 2 aromatic carbocycles. The van der Waals surface area contributed by atoms with Gasteiger partial charge in [-0.15, -0.1) is 0 Å². The number of benzene rings is 2. The molecule has 0 unspecified atom stereocenters. The minimum absolute atomic E-state index is 0.0330. The van der Waals surface area contributed by atoms with Gasteiger partial charge in [-0.2, -0.15) is 0 Å². The minimum Gasteiger partial charge on any atom is -0.352 e. The molecule has 0 bridgehead atoms. The Morgan fingerprint density at radius 3 is 2.06 bits per heavy atom. The highest BCUT2D eigenvalue weighted by atomic mass is 35.5. The van der Waals surface area contributed by atoms with Crippen molar-refractivity contribution in [2.45, 2.75) is 39.4 Å². The van der Waals surface area contributed by atoms with Crippen LogP contribution in [0.4, 0.5) is 5.69 Å². The average Bonchev–Trinajstić information content (AvgIpc) is 2.70. The second kappa shape index (κ2) is 11.0. The number of anilines is 1. The van der Waals surface area contributed by atoms with Gasteiger partial charge in [-0.25, -0.2) is 8.42 Å². The Labute approximate surface area is 199 Å². The van der Waals surface area contributed by atoms with E-state index in [0.717, 1.165) is 10.6 Å². The maximum atomic E-state index is 13.4. The highest BCUT2D eigenvalue weighted by Gasteiger charge is 2.31. The molecule has 174 valence electrons. The van der Waals surface area contributed by atoms with Gasteiger partial charge in [0, 0.05) is 17.6 Å². The van der Waals surface area contributed by atoms with Crippen molar-refractivity contribution >= 4 is 50.7 Å². The van der Waals surface area contributed by atoms with Crippen LogP contribution < -0.4 is 9.62 Å². The van der Waals surface area contributed by atoms with Crippen LogP contribution in [0.3, 0.4) is 0 Å².